The van der Waals surface area contributed by atoms with Crippen molar-refractivity contribution in [3.63, 3.8) is 0 Å². The van der Waals surface area contributed by atoms with Crippen molar-refractivity contribution in [3.8, 4) is 5.75 Å². The highest BCUT2D eigenvalue weighted by molar-refractivity contribution is 6.33. The SMILES string of the molecule is O=c1[nH]ncc(Cl)c1N1CCN(Cc2ccccc2OC(F)(F)F)CC1. The predicted molar refractivity (Wildman–Crippen MR) is 90.5 cm³/mol. The van der Waals surface area contributed by atoms with E-state index in [0.29, 0.717) is 44.0 Å². The monoisotopic (exact) mass is 388 g/mol. The summed E-state index contributed by atoms with van der Waals surface area (Å²) in [5, 5.41) is 6.26. The summed E-state index contributed by atoms with van der Waals surface area (Å²) in [6.07, 6.45) is -3.36. The van der Waals surface area contributed by atoms with Crippen LogP contribution in [0.5, 0.6) is 5.75 Å². The summed E-state index contributed by atoms with van der Waals surface area (Å²) >= 11 is 6.05. The third-order valence-corrected chi connectivity index (χ3v) is 4.34. The van der Waals surface area contributed by atoms with Gasteiger partial charge in [-0.1, -0.05) is 29.8 Å². The second-order valence-electron chi connectivity index (χ2n) is 5.81. The molecule has 26 heavy (non-hydrogen) atoms. The summed E-state index contributed by atoms with van der Waals surface area (Å²) in [6, 6.07) is 6.08. The smallest absolute Gasteiger partial charge is 0.405 e. The average molecular weight is 389 g/mol. The van der Waals surface area contributed by atoms with E-state index in [0.717, 1.165) is 0 Å². The van der Waals surface area contributed by atoms with Gasteiger partial charge in [-0.15, -0.1) is 13.2 Å². The lowest BCUT2D eigenvalue weighted by atomic mass is 10.1. The highest BCUT2D eigenvalue weighted by Crippen LogP contribution is 2.28. The lowest BCUT2D eigenvalue weighted by Crippen LogP contribution is -2.47. The highest BCUT2D eigenvalue weighted by atomic mass is 35.5. The molecule has 0 aliphatic carbocycles. The summed E-state index contributed by atoms with van der Waals surface area (Å²) in [5.41, 5.74) is 0.454. The molecule has 0 saturated carbocycles. The summed E-state index contributed by atoms with van der Waals surface area (Å²) < 4.78 is 41.7. The zero-order valence-corrected chi connectivity index (χ0v) is 14.3. The summed E-state index contributed by atoms with van der Waals surface area (Å²) in [4.78, 5) is 15.8. The number of para-hydroxylation sites is 1. The topological polar surface area (TPSA) is 61.5 Å². The van der Waals surface area contributed by atoms with Crippen molar-refractivity contribution in [1.29, 1.82) is 0 Å². The number of benzene rings is 1. The number of ether oxygens (including phenoxy) is 1. The molecule has 0 amide bonds. The van der Waals surface area contributed by atoms with Crippen molar-refractivity contribution in [2.45, 2.75) is 12.9 Å². The number of alkyl halides is 3. The van der Waals surface area contributed by atoms with Crippen LogP contribution in [0.4, 0.5) is 18.9 Å². The number of nitrogens with zero attached hydrogens (tertiary/aromatic N) is 3. The van der Waals surface area contributed by atoms with Crippen molar-refractivity contribution >= 4 is 17.3 Å². The molecule has 0 unspecified atom stereocenters. The van der Waals surface area contributed by atoms with Gasteiger partial charge in [0.25, 0.3) is 5.56 Å². The molecule has 2 heterocycles. The number of nitrogens with one attached hydrogen (secondary N) is 1. The molecule has 6 nitrogen and oxygen atoms in total. The molecular weight excluding hydrogens is 373 g/mol. The van der Waals surface area contributed by atoms with E-state index in [9.17, 15) is 18.0 Å². The van der Waals surface area contributed by atoms with E-state index in [1.54, 1.807) is 12.1 Å². The van der Waals surface area contributed by atoms with Gasteiger partial charge in [0.1, 0.15) is 11.4 Å². The van der Waals surface area contributed by atoms with Crippen LogP contribution in [0.2, 0.25) is 5.02 Å². The normalized spacial score (nSPS) is 15.9. The minimum atomic E-state index is -4.73. The van der Waals surface area contributed by atoms with Gasteiger partial charge in [-0.2, -0.15) is 5.10 Å². The van der Waals surface area contributed by atoms with E-state index >= 15 is 0 Å². The summed E-state index contributed by atoms with van der Waals surface area (Å²) in [5.74, 6) is -0.198. The van der Waals surface area contributed by atoms with Crippen molar-refractivity contribution < 1.29 is 17.9 Å². The molecule has 10 heteroatoms. The third kappa shape index (κ3) is 4.47. The van der Waals surface area contributed by atoms with E-state index < -0.39 is 6.36 Å². The molecule has 1 aliphatic heterocycles. The van der Waals surface area contributed by atoms with Crippen LogP contribution < -0.4 is 15.2 Å². The molecule has 0 spiro atoms. The van der Waals surface area contributed by atoms with Gasteiger partial charge in [0, 0.05) is 38.3 Å². The Morgan fingerprint density at radius 2 is 1.88 bits per heavy atom. The Balaban J connectivity index is 1.66. The highest BCUT2D eigenvalue weighted by Gasteiger charge is 2.32. The molecule has 140 valence electrons. The Morgan fingerprint density at radius 1 is 1.19 bits per heavy atom. The van der Waals surface area contributed by atoms with Crippen molar-refractivity contribution in [2.24, 2.45) is 0 Å². The molecule has 1 aromatic heterocycles. The number of H-pyrrole nitrogens is 1. The maximum Gasteiger partial charge on any atom is 0.573 e. The minimum Gasteiger partial charge on any atom is -0.405 e. The van der Waals surface area contributed by atoms with Gasteiger partial charge in [-0.3, -0.25) is 9.69 Å². The number of anilines is 1. The van der Waals surface area contributed by atoms with Crippen LogP contribution in [0.15, 0.2) is 35.3 Å². The van der Waals surface area contributed by atoms with Crippen LogP contribution in [0.1, 0.15) is 5.56 Å². The van der Waals surface area contributed by atoms with E-state index in [1.165, 1.54) is 18.3 Å². The first-order valence-corrected chi connectivity index (χ1v) is 8.25. The van der Waals surface area contributed by atoms with Gasteiger partial charge in [0.05, 0.1) is 11.2 Å². The van der Waals surface area contributed by atoms with Gasteiger partial charge in [-0.25, -0.2) is 5.10 Å². The van der Waals surface area contributed by atoms with E-state index in [1.807, 2.05) is 9.80 Å². The number of hydrogen-bond acceptors (Lipinski definition) is 5. The second-order valence-corrected chi connectivity index (χ2v) is 6.22. The molecule has 3 rings (SSSR count). The van der Waals surface area contributed by atoms with E-state index in [4.69, 9.17) is 11.6 Å². The lowest BCUT2D eigenvalue weighted by Gasteiger charge is -2.36. The lowest BCUT2D eigenvalue weighted by molar-refractivity contribution is -0.275. The zero-order chi connectivity index (χ0) is 18.7. The van der Waals surface area contributed by atoms with Gasteiger partial charge < -0.3 is 9.64 Å². The molecule has 0 radical (unpaired) electrons. The van der Waals surface area contributed by atoms with Crippen molar-refractivity contribution in [1.82, 2.24) is 15.1 Å². The Kier molecular flexibility index (Phi) is 5.38. The fourth-order valence-corrected chi connectivity index (χ4v) is 3.15. The molecular formula is C16H16ClF3N4O2. The van der Waals surface area contributed by atoms with E-state index in [2.05, 4.69) is 14.9 Å². The zero-order valence-electron chi connectivity index (χ0n) is 13.6. The number of aromatic amines is 1. The largest absolute Gasteiger partial charge is 0.573 e. The first-order chi connectivity index (χ1) is 12.3. The number of halogens is 4. The summed E-state index contributed by atoms with van der Waals surface area (Å²) in [7, 11) is 0. The van der Waals surface area contributed by atoms with Crippen LogP contribution in [0.3, 0.4) is 0 Å². The fraction of sp³-hybridized carbons (Fsp3) is 0.375. The first-order valence-electron chi connectivity index (χ1n) is 7.87. The Bertz CT molecular complexity index is 820. The molecule has 1 N–H and O–H groups in total. The maximum absolute atomic E-state index is 12.5. The molecule has 2 aromatic rings. The molecule has 1 saturated heterocycles. The van der Waals surface area contributed by atoms with Gasteiger partial charge in [-0.05, 0) is 6.07 Å². The quantitative estimate of drug-likeness (QED) is 0.872. The number of piperazine rings is 1. The Hall–Kier alpha value is -2.26. The van der Waals surface area contributed by atoms with Gasteiger partial charge in [0.2, 0.25) is 0 Å². The molecule has 1 aromatic carbocycles. The van der Waals surface area contributed by atoms with Crippen LogP contribution in [0.25, 0.3) is 0 Å². The van der Waals surface area contributed by atoms with Crippen LogP contribution in [0, 0.1) is 0 Å². The third-order valence-electron chi connectivity index (χ3n) is 4.07. The molecule has 0 atom stereocenters. The Labute approximate surface area is 152 Å². The number of aromatic nitrogens is 2. The van der Waals surface area contributed by atoms with Crippen molar-refractivity contribution in [2.75, 3.05) is 31.1 Å². The summed E-state index contributed by atoms with van der Waals surface area (Å²) in [6.45, 7) is 2.50. The molecule has 1 fully saturated rings. The second kappa shape index (κ2) is 7.55. The van der Waals surface area contributed by atoms with Crippen LogP contribution >= 0.6 is 11.6 Å². The van der Waals surface area contributed by atoms with Crippen LogP contribution in [-0.2, 0) is 6.54 Å². The molecule has 0 bridgehead atoms. The maximum atomic E-state index is 12.5. The predicted octanol–water partition coefficient (Wildman–Crippen LogP) is 2.64. The van der Waals surface area contributed by atoms with Gasteiger partial charge >= 0.3 is 6.36 Å². The standard InChI is InChI=1S/C16H16ClF3N4O2/c17-12-9-21-22-15(25)14(12)24-7-5-23(6-8-24)10-11-3-1-2-4-13(11)26-16(18,19)20/h1-4,9H,5-8,10H2,(H,22,25). The fourth-order valence-electron chi connectivity index (χ4n) is 2.89. The first kappa shape index (κ1) is 18.5. The van der Waals surface area contributed by atoms with Crippen LogP contribution in [-0.4, -0.2) is 47.6 Å². The average Bonchev–Trinajstić information content (AvgIpc) is 2.57. The number of rotatable bonds is 4. The van der Waals surface area contributed by atoms with Crippen molar-refractivity contribution in [3.05, 3.63) is 51.4 Å². The molecule has 1 aliphatic rings. The van der Waals surface area contributed by atoms with Gasteiger partial charge in [0.15, 0.2) is 0 Å². The van der Waals surface area contributed by atoms with E-state index in [-0.39, 0.29) is 16.3 Å². The minimum absolute atomic E-state index is 0.198. The number of hydrogen-bond donors (Lipinski definition) is 1. The Morgan fingerprint density at radius 3 is 2.54 bits per heavy atom.